The van der Waals surface area contributed by atoms with Gasteiger partial charge in [-0.15, -0.1) is 11.8 Å². The van der Waals surface area contributed by atoms with Gasteiger partial charge in [-0.05, 0) is 18.1 Å². The van der Waals surface area contributed by atoms with Gasteiger partial charge in [-0.25, -0.2) is 0 Å². The summed E-state index contributed by atoms with van der Waals surface area (Å²) < 4.78 is 11.6. The molecule has 4 atom stereocenters. The average molecular weight is 219 g/mol. The summed E-state index contributed by atoms with van der Waals surface area (Å²) in [5.41, 5.74) is 5.92. The molecule has 1 aliphatic rings. The Kier molecular flexibility index (Phi) is 4.49. The maximum Gasteiger partial charge on any atom is 0.0424 e. The SMILES string of the molecule is CCC1C(/C=C\SC)C(N)CS1=O. The molecule has 2 N–H and O–H groups in total. The molecule has 1 saturated heterocycles. The fourth-order valence-electron chi connectivity index (χ4n) is 1.77. The molecule has 4 heteroatoms. The Labute approximate surface area is 86.8 Å². The van der Waals surface area contributed by atoms with Gasteiger partial charge in [-0.3, -0.25) is 4.21 Å². The minimum Gasteiger partial charge on any atom is -0.326 e. The lowest BCUT2D eigenvalue weighted by Crippen LogP contribution is -2.29. The van der Waals surface area contributed by atoms with Crippen LogP contribution in [0.5, 0.6) is 0 Å². The van der Waals surface area contributed by atoms with Crippen LogP contribution in [0.15, 0.2) is 11.5 Å². The third-order valence-electron chi connectivity index (χ3n) is 2.46. The van der Waals surface area contributed by atoms with Crippen LogP contribution in [0, 0.1) is 5.92 Å². The molecule has 0 radical (unpaired) electrons. The predicted molar refractivity (Wildman–Crippen MR) is 61.2 cm³/mol. The van der Waals surface area contributed by atoms with E-state index in [2.05, 4.69) is 18.4 Å². The molecular weight excluding hydrogens is 202 g/mol. The highest BCUT2D eigenvalue weighted by Gasteiger charge is 2.36. The normalized spacial score (nSPS) is 40.2. The van der Waals surface area contributed by atoms with E-state index < -0.39 is 10.8 Å². The van der Waals surface area contributed by atoms with Crippen LogP contribution in [-0.2, 0) is 10.8 Å². The highest BCUT2D eigenvalue weighted by molar-refractivity contribution is 8.01. The van der Waals surface area contributed by atoms with Gasteiger partial charge in [0.1, 0.15) is 0 Å². The van der Waals surface area contributed by atoms with Crippen molar-refractivity contribution in [2.24, 2.45) is 11.7 Å². The van der Waals surface area contributed by atoms with Crippen LogP contribution in [0.1, 0.15) is 13.3 Å². The molecule has 4 unspecified atom stereocenters. The molecule has 1 fully saturated rings. The van der Waals surface area contributed by atoms with Crippen LogP contribution in [-0.4, -0.2) is 27.5 Å². The van der Waals surface area contributed by atoms with E-state index >= 15 is 0 Å². The van der Waals surface area contributed by atoms with Crippen molar-refractivity contribution in [3.8, 4) is 0 Å². The maximum absolute atomic E-state index is 11.6. The number of thioether (sulfide) groups is 1. The number of rotatable bonds is 3. The summed E-state index contributed by atoms with van der Waals surface area (Å²) in [6.45, 7) is 2.08. The summed E-state index contributed by atoms with van der Waals surface area (Å²) in [5.74, 6) is 0.986. The van der Waals surface area contributed by atoms with Crippen LogP contribution >= 0.6 is 11.8 Å². The standard InChI is InChI=1S/C9H17NOS2/c1-3-9-7(4-5-12-2)8(10)6-13(9)11/h4-5,7-9H,3,6,10H2,1-2H3/b5-4-. The molecule has 0 aliphatic carbocycles. The van der Waals surface area contributed by atoms with Gasteiger partial charge < -0.3 is 5.73 Å². The van der Waals surface area contributed by atoms with E-state index in [1.165, 1.54) is 0 Å². The van der Waals surface area contributed by atoms with E-state index in [1.807, 2.05) is 6.26 Å². The first-order chi connectivity index (χ1) is 6.20. The molecule has 0 spiro atoms. The summed E-state index contributed by atoms with van der Waals surface area (Å²) >= 11 is 1.67. The smallest absolute Gasteiger partial charge is 0.0424 e. The van der Waals surface area contributed by atoms with E-state index in [-0.39, 0.29) is 11.3 Å². The molecule has 13 heavy (non-hydrogen) atoms. The number of hydrogen-bond donors (Lipinski definition) is 1. The number of nitrogens with two attached hydrogens (primary N) is 1. The average Bonchev–Trinajstić information content (AvgIpc) is 2.37. The molecule has 0 bridgehead atoms. The largest absolute Gasteiger partial charge is 0.326 e. The monoisotopic (exact) mass is 219 g/mol. The molecule has 1 heterocycles. The van der Waals surface area contributed by atoms with Crippen LogP contribution in [0.2, 0.25) is 0 Å². The second-order valence-electron chi connectivity index (χ2n) is 3.30. The second kappa shape index (κ2) is 5.17. The van der Waals surface area contributed by atoms with Crippen LogP contribution < -0.4 is 5.73 Å². The van der Waals surface area contributed by atoms with E-state index in [1.54, 1.807) is 11.8 Å². The Hall–Kier alpha value is 0.200. The van der Waals surface area contributed by atoms with Crippen molar-refractivity contribution in [1.82, 2.24) is 0 Å². The quantitative estimate of drug-likeness (QED) is 0.779. The van der Waals surface area contributed by atoms with Crippen molar-refractivity contribution in [3.05, 3.63) is 11.5 Å². The summed E-state index contributed by atoms with van der Waals surface area (Å²) in [4.78, 5) is 0. The second-order valence-corrected chi connectivity index (χ2v) is 5.74. The molecule has 0 aromatic rings. The first-order valence-corrected chi connectivity index (χ1v) is 7.20. The Morgan fingerprint density at radius 2 is 2.38 bits per heavy atom. The topological polar surface area (TPSA) is 43.1 Å². The molecule has 0 amide bonds. The van der Waals surface area contributed by atoms with Crippen molar-refractivity contribution in [1.29, 1.82) is 0 Å². The molecule has 0 aromatic carbocycles. The summed E-state index contributed by atoms with van der Waals surface area (Å²) in [6, 6.07) is 0.0918. The van der Waals surface area contributed by atoms with Gasteiger partial charge in [0.2, 0.25) is 0 Å². The number of hydrogen-bond acceptors (Lipinski definition) is 3. The molecule has 0 saturated carbocycles. The van der Waals surface area contributed by atoms with Crippen molar-refractivity contribution in [3.63, 3.8) is 0 Å². The highest BCUT2D eigenvalue weighted by atomic mass is 32.2. The fourth-order valence-corrected chi connectivity index (χ4v) is 3.97. The lowest BCUT2D eigenvalue weighted by molar-refractivity contribution is 0.536. The summed E-state index contributed by atoms with van der Waals surface area (Å²) in [6.07, 6.45) is 5.10. The zero-order valence-electron chi connectivity index (χ0n) is 8.10. The molecule has 2 nitrogen and oxygen atoms in total. The first-order valence-electron chi connectivity index (χ1n) is 4.53. The predicted octanol–water partition coefficient (Wildman–Crippen LogP) is 1.35. The van der Waals surface area contributed by atoms with Crippen molar-refractivity contribution in [2.75, 3.05) is 12.0 Å². The van der Waals surface area contributed by atoms with Crippen molar-refractivity contribution in [2.45, 2.75) is 24.6 Å². The van der Waals surface area contributed by atoms with Crippen molar-refractivity contribution >= 4 is 22.6 Å². The minimum absolute atomic E-state index is 0.0918. The van der Waals surface area contributed by atoms with Gasteiger partial charge in [0.25, 0.3) is 0 Å². The van der Waals surface area contributed by atoms with Gasteiger partial charge in [0.15, 0.2) is 0 Å². The molecular formula is C9H17NOS2. The summed E-state index contributed by atoms with van der Waals surface area (Å²) in [7, 11) is -0.710. The maximum atomic E-state index is 11.6. The Balaban J connectivity index is 2.68. The van der Waals surface area contributed by atoms with Gasteiger partial charge >= 0.3 is 0 Å². The van der Waals surface area contributed by atoms with Crippen LogP contribution in [0.25, 0.3) is 0 Å². The zero-order valence-corrected chi connectivity index (χ0v) is 9.74. The first kappa shape index (κ1) is 11.3. The zero-order chi connectivity index (χ0) is 9.84. The van der Waals surface area contributed by atoms with Crippen LogP contribution in [0.3, 0.4) is 0 Å². The fraction of sp³-hybridized carbons (Fsp3) is 0.778. The van der Waals surface area contributed by atoms with E-state index in [4.69, 9.17) is 5.73 Å². The van der Waals surface area contributed by atoms with Crippen LogP contribution in [0.4, 0.5) is 0 Å². The Morgan fingerprint density at radius 3 is 2.92 bits per heavy atom. The minimum atomic E-state index is -0.710. The molecule has 0 aromatic heterocycles. The van der Waals surface area contributed by atoms with Gasteiger partial charge in [-0.1, -0.05) is 13.0 Å². The van der Waals surface area contributed by atoms with Gasteiger partial charge in [-0.2, -0.15) is 0 Å². The van der Waals surface area contributed by atoms with Gasteiger partial charge in [0.05, 0.1) is 0 Å². The lowest BCUT2D eigenvalue weighted by Gasteiger charge is -2.15. The van der Waals surface area contributed by atoms with E-state index in [9.17, 15) is 4.21 Å². The molecule has 1 aliphatic heterocycles. The van der Waals surface area contributed by atoms with E-state index in [0.29, 0.717) is 11.7 Å². The third kappa shape index (κ3) is 2.58. The molecule has 76 valence electrons. The van der Waals surface area contributed by atoms with Crippen molar-refractivity contribution < 1.29 is 4.21 Å². The van der Waals surface area contributed by atoms with Gasteiger partial charge in [0, 0.05) is 33.8 Å². The Bertz CT molecular complexity index is 218. The molecule has 1 rings (SSSR count). The Morgan fingerprint density at radius 1 is 1.69 bits per heavy atom. The highest BCUT2D eigenvalue weighted by Crippen LogP contribution is 2.27. The third-order valence-corrected chi connectivity index (χ3v) is 4.92. The van der Waals surface area contributed by atoms with E-state index in [0.717, 1.165) is 6.42 Å². The lowest BCUT2D eigenvalue weighted by atomic mass is 9.97. The summed E-state index contributed by atoms with van der Waals surface area (Å²) in [5, 5.41) is 2.33.